The lowest BCUT2D eigenvalue weighted by atomic mass is 10.3. The van der Waals surface area contributed by atoms with E-state index in [4.69, 9.17) is 5.73 Å². The highest BCUT2D eigenvalue weighted by Crippen LogP contribution is 2.29. The fourth-order valence-electron chi connectivity index (χ4n) is 2.21. The minimum atomic E-state index is -0.726. The van der Waals surface area contributed by atoms with E-state index in [0.29, 0.717) is 16.9 Å². The molecule has 0 amide bonds. The van der Waals surface area contributed by atoms with Crippen molar-refractivity contribution in [3.63, 3.8) is 0 Å². The van der Waals surface area contributed by atoms with Crippen LogP contribution in [0.15, 0.2) is 16.6 Å². The predicted octanol–water partition coefficient (Wildman–Crippen LogP) is 2.69. The lowest BCUT2D eigenvalue weighted by Crippen LogP contribution is -2.07. The van der Waals surface area contributed by atoms with Crippen LogP contribution in [0.2, 0.25) is 0 Å². The number of imidazole rings is 1. The van der Waals surface area contributed by atoms with E-state index in [9.17, 15) is 8.78 Å². The molecule has 8 heteroatoms. The first kappa shape index (κ1) is 13.0. The molecule has 0 unspecified atom stereocenters. The number of hydrogen-bond acceptors (Lipinski definition) is 3. The molecule has 0 saturated carbocycles. The SMILES string of the molecule is Cc1nn(C)c2c1nc(N)n2-c1cc(Br)c(F)cc1F. The average Bonchev–Trinajstić information content (AvgIpc) is 2.83. The first-order valence-electron chi connectivity index (χ1n) is 5.72. The monoisotopic (exact) mass is 341 g/mol. The third-order valence-electron chi connectivity index (χ3n) is 3.06. The summed E-state index contributed by atoms with van der Waals surface area (Å²) < 4.78 is 30.5. The van der Waals surface area contributed by atoms with E-state index in [0.717, 1.165) is 6.07 Å². The number of nitrogens with zero attached hydrogens (tertiary/aromatic N) is 4. The van der Waals surface area contributed by atoms with E-state index in [1.165, 1.54) is 10.6 Å². The number of hydrogen-bond donors (Lipinski definition) is 1. The molecule has 3 aromatic rings. The second kappa shape index (κ2) is 4.27. The molecular weight excluding hydrogens is 332 g/mol. The van der Waals surface area contributed by atoms with Crippen LogP contribution >= 0.6 is 15.9 Å². The van der Waals surface area contributed by atoms with Crippen LogP contribution in [0, 0.1) is 18.6 Å². The zero-order chi connectivity index (χ0) is 14.6. The van der Waals surface area contributed by atoms with Gasteiger partial charge in [-0.1, -0.05) is 0 Å². The molecule has 20 heavy (non-hydrogen) atoms. The maximum absolute atomic E-state index is 14.0. The number of aromatic nitrogens is 4. The van der Waals surface area contributed by atoms with Crippen molar-refractivity contribution in [1.82, 2.24) is 19.3 Å². The molecule has 5 nitrogen and oxygen atoms in total. The van der Waals surface area contributed by atoms with Gasteiger partial charge in [0.1, 0.15) is 17.2 Å². The van der Waals surface area contributed by atoms with Gasteiger partial charge in [-0.25, -0.2) is 18.4 Å². The molecule has 0 bridgehead atoms. The van der Waals surface area contributed by atoms with Crippen LogP contribution < -0.4 is 5.73 Å². The van der Waals surface area contributed by atoms with Crippen molar-refractivity contribution in [2.24, 2.45) is 7.05 Å². The summed E-state index contributed by atoms with van der Waals surface area (Å²) in [6.45, 7) is 1.79. The van der Waals surface area contributed by atoms with Crippen molar-refractivity contribution in [3.8, 4) is 5.69 Å². The Hall–Kier alpha value is -1.96. The van der Waals surface area contributed by atoms with Gasteiger partial charge in [0.25, 0.3) is 0 Å². The van der Waals surface area contributed by atoms with Gasteiger partial charge < -0.3 is 5.73 Å². The van der Waals surface area contributed by atoms with Gasteiger partial charge in [-0.2, -0.15) is 5.10 Å². The van der Waals surface area contributed by atoms with E-state index < -0.39 is 11.6 Å². The molecule has 0 aliphatic carbocycles. The third kappa shape index (κ3) is 1.71. The zero-order valence-corrected chi connectivity index (χ0v) is 12.2. The zero-order valence-electron chi connectivity index (χ0n) is 10.7. The molecule has 0 saturated heterocycles. The van der Waals surface area contributed by atoms with Crippen molar-refractivity contribution in [2.75, 3.05) is 5.73 Å². The largest absolute Gasteiger partial charge is 0.369 e. The molecule has 0 fully saturated rings. The van der Waals surface area contributed by atoms with Crippen LogP contribution in [0.3, 0.4) is 0 Å². The van der Waals surface area contributed by atoms with Gasteiger partial charge in [0.15, 0.2) is 5.65 Å². The number of halogens is 3. The summed E-state index contributed by atoms with van der Waals surface area (Å²) >= 11 is 3.04. The molecule has 104 valence electrons. The summed E-state index contributed by atoms with van der Waals surface area (Å²) in [6, 6.07) is 2.12. The summed E-state index contributed by atoms with van der Waals surface area (Å²) in [7, 11) is 1.71. The van der Waals surface area contributed by atoms with Gasteiger partial charge in [0.2, 0.25) is 5.95 Å². The summed E-state index contributed by atoms with van der Waals surface area (Å²) in [5.74, 6) is -1.29. The van der Waals surface area contributed by atoms with E-state index in [1.54, 1.807) is 18.7 Å². The summed E-state index contributed by atoms with van der Waals surface area (Å²) in [5.41, 5.74) is 7.80. The Morgan fingerprint density at radius 2 is 1.95 bits per heavy atom. The topological polar surface area (TPSA) is 61.7 Å². The summed E-state index contributed by atoms with van der Waals surface area (Å²) in [6.07, 6.45) is 0. The standard InChI is InChI=1S/C12H10BrF2N5/c1-5-10-11(19(2)18-5)20(12(16)17-10)9-3-6(13)7(14)4-8(9)15/h3-4H,1-2H3,(H2,16,17). The Balaban J connectivity index is 2.40. The fourth-order valence-corrected chi connectivity index (χ4v) is 2.54. The Bertz CT molecular complexity index is 836. The minimum Gasteiger partial charge on any atom is -0.369 e. The second-order valence-electron chi connectivity index (χ2n) is 4.40. The molecule has 2 aromatic heterocycles. The van der Waals surface area contributed by atoms with Crippen molar-refractivity contribution >= 4 is 33.0 Å². The smallest absolute Gasteiger partial charge is 0.207 e. The molecule has 0 aliphatic heterocycles. The third-order valence-corrected chi connectivity index (χ3v) is 3.67. The van der Waals surface area contributed by atoms with Crippen molar-refractivity contribution in [2.45, 2.75) is 6.92 Å². The Morgan fingerprint density at radius 3 is 2.65 bits per heavy atom. The maximum atomic E-state index is 14.0. The Labute approximate surface area is 121 Å². The van der Waals surface area contributed by atoms with Crippen LogP contribution in [-0.2, 0) is 7.05 Å². The summed E-state index contributed by atoms with van der Waals surface area (Å²) in [4.78, 5) is 4.18. The number of fused-ring (bicyclic) bond motifs is 1. The van der Waals surface area contributed by atoms with Gasteiger partial charge in [0, 0.05) is 13.1 Å². The normalized spacial score (nSPS) is 11.4. The van der Waals surface area contributed by atoms with Crippen molar-refractivity contribution in [3.05, 3.63) is 33.9 Å². The van der Waals surface area contributed by atoms with Crippen LogP contribution in [0.5, 0.6) is 0 Å². The number of aryl methyl sites for hydroxylation is 2. The molecule has 1 aromatic carbocycles. The number of anilines is 1. The van der Waals surface area contributed by atoms with Gasteiger partial charge in [-0.15, -0.1) is 0 Å². The second-order valence-corrected chi connectivity index (χ2v) is 5.26. The van der Waals surface area contributed by atoms with Crippen LogP contribution in [-0.4, -0.2) is 19.3 Å². The number of benzene rings is 1. The lowest BCUT2D eigenvalue weighted by Gasteiger charge is -2.09. The van der Waals surface area contributed by atoms with Gasteiger partial charge >= 0.3 is 0 Å². The number of nitrogens with two attached hydrogens (primary N) is 1. The average molecular weight is 342 g/mol. The highest BCUT2D eigenvalue weighted by molar-refractivity contribution is 9.10. The van der Waals surface area contributed by atoms with Gasteiger partial charge in [0.05, 0.1) is 15.9 Å². The maximum Gasteiger partial charge on any atom is 0.207 e. The van der Waals surface area contributed by atoms with Gasteiger partial charge in [-0.3, -0.25) is 4.57 Å². The molecule has 3 rings (SSSR count). The quantitative estimate of drug-likeness (QED) is 0.692. The number of nitrogen functional groups attached to an aromatic ring is 1. The first-order valence-corrected chi connectivity index (χ1v) is 6.52. The molecule has 2 N–H and O–H groups in total. The van der Waals surface area contributed by atoms with E-state index in [-0.39, 0.29) is 16.1 Å². The Kier molecular flexibility index (Phi) is 2.79. The van der Waals surface area contributed by atoms with E-state index in [2.05, 4.69) is 26.0 Å². The van der Waals surface area contributed by atoms with Crippen molar-refractivity contribution in [1.29, 1.82) is 0 Å². The number of rotatable bonds is 1. The van der Waals surface area contributed by atoms with Crippen LogP contribution in [0.25, 0.3) is 16.9 Å². The fraction of sp³-hybridized carbons (Fsp3) is 0.167. The Morgan fingerprint density at radius 1 is 1.25 bits per heavy atom. The highest BCUT2D eigenvalue weighted by atomic mass is 79.9. The first-order chi connectivity index (χ1) is 9.40. The summed E-state index contributed by atoms with van der Waals surface area (Å²) in [5, 5.41) is 4.22. The minimum absolute atomic E-state index is 0.112. The van der Waals surface area contributed by atoms with Crippen molar-refractivity contribution < 1.29 is 8.78 Å². The molecule has 0 spiro atoms. The predicted molar refractivity (Wildman–Crippen MR) is 74.6 cm³/mol. The molecule has 2 heterocycles. The van der Waals surface area contributed by atoms with Gasteiger partial charge in [-0.05, 0) is 28.9 Å². The van der Waals surface area contributed by atoms with E-state index in [1.807, 2.05) is 0 Å². The molecule has 0 radical (unpaired) electrons. The highest BCUT2D eigenvalue weighted by Gasteiger charge is 2.20. The van der Waals surface area contributed by atoms with E-state index >= 15 is 0 Å². The lowest BCUT2D eigenvalue weighted by molar-refractivity contribution is 0.574. The van der Waals surface area contributed by atoms with Crippen LogP contribution in [0.4, 0.5) is 14.7 Å². The molecular formula is C12H10BrF2N5. The van der Waals surface area contributed by atoms with Crippen LogP contribution in [0.1, 0.15) is 5.69 Å². The molecule has 0 aliphatic rings. The molecule has 0 atom stereocenters.